The lowest BCUT2D eigenvalue weighted by Crippen LogP contribution is -2.49. The maximum absolute atomic E-state index is 11.7. The molecule has 23 heavy (non-hydrogen) atoms. The zero-order valence-electron chi connectivity index (χ0n) is 13.5. The van der Waals surface area contributed by atoms with Crippen molar-refractivity contribution in [3.8, 4) is 0 Å². The first-order chi connectivity index (χ1) is 11.0. The number of amides is 1. The number of allylic oxidation sites excluding steroid dienone is 1. The molecule has 2 fully saturated rings. The van der Waals surface area contributed by atoms with E-state index in [1.165, 1.54) is 0 Å². The molecule has 0 aromatic carbocycles. The predicted molar refractivity (Wildman–Crippen MR) is 86.7 cm³/mol. The van der Waals surface area contributed by atoms with Gasteiger partial charge in [-0.1, -0.05) is 0 Å². The summed E-state index contributed by atoms with van der Waals surface area (Å²) in [6.07, 6.45) is 3.22. The molecule has 0 saturated carbocycles. The van der Waals surface area contributed by atoms with Crippen LogP contribution >= 0.6 is 0 Å². The average Bonchev–Trinajstić information content (AvgIpc) is 2.85. The van der Waals surface area contributed by atoms with Gasteiger partial charge in [0.25, 0.3) is 0 Å². The fourth-order valence-corrected chi connectivity index (χ4v) is 2.80. The topological polar surface area (TPSA) is 78.4 Å². The minimum atomic E-state index is -0.264. The van der Waals surface area contributed by atoms with Crippen molar-refractivity contribution < 1.29 is 9.59 Å². The van der Waals surface area contributed by atoms with Gasteiger partial charge < -0.3 is 10.2 Å². The molecule has 122 valence electrons. The Balaban J connectivity index is 1.72. The number of nitrogens with one attached hydrogen (secondary N) is 1. The molecule has 3 heterocycles. The summed E-state index contributed by atoms with van der Waals surface area (Å²) in [5.41, 5.74) is 0.941. The van der Waals surface area contributed by atoms with E-state index in [-0.39, 0.29) is 18.1 Å². The highest BCUT2D eigenvalue weighted by Crippen LogP contribution is 2.15. The maximum atomic E-state index is 11.7. The van der Waals surface area contributed by atoms with E-state index in [1.807, 2.05) is 0 Å². The fourth-order valence-electron chi connectivity index (χ4n) is 2.80. The van der Waals surface area contributed by atoms with Gasteiger partial charge in [-0.05, 0) is 26.0 Å². The van der Waals surface area contributed by atoms with Crippen molar-refractivity contribution in [2.45, 2.75) is 26.3 Å². The van der Waals surface area contributed by atoms with E-state index in [1.54, 1.807) is 18.3 Å². The van der Waals surface area contributed by atoms with E-state index in [9.17, 15) is 9.59 Å². The van der Waals surface area contributed by atoms with Gasteiger partial charge >= 0.3 is 0 Å². The SMILES string of the molecule is CC(C)N1CCN(c2nccc(/C=C3\NC(=O)CC3=O)n2)CC1. The molecule has 2 aliphatic rings. The average molecular weight is 315 g/mol. The second-order valence-electron chi connectivity index (χ2n) is 6.10. The number of hydrogen-bond acceptors (Lipinski definition) is 6. The van der Waals surface area contributed by atoms with Gasteiger partial charge in [0.15, 0.2) is 5.78 Å². The number of piperazine rings is 1. The summed E-state index contributed by atoms with van der Waals surface area (Å²) in [6, 6.07) is 2.28. The van der Waals surface area contributed by atoms with Gasteiger partial charge in [0.1, 0.15) is 0 Å². The summed E-state index contributed by atoms with van der Waals surface area (Å²) >= 11 is 0. The minimum absolute atomic E-state index is 0.0824. The van der Waals surface area contributed by atoms with Crippen LogP contribution in [0.3, 0.4) is 0 Å². The molecule has 2 aliphatic heterocycles. The van der Waals surface area contributed by atoms with E-state index in [2.05, 4.69) is 38.9 Å². The Morgan fingerprint density at radius 3 is 2.57 bits per heavy atom. The Kier molecular flexibility index (Phi) is 4.38. The number of hydrogen-bond donors (Lipinski definition) is 1. The second kappa shape index (κ2) is 6.45. The zero-order chi connectivity index (χ0) is 16.4. The summed E-state index contributed by atoms with van der Waals surface area (Å²) in [6.45, 7) is 8.14. The summed E-state index contributed by atoms with van der Waals surface area (Å²) in [7, 11) is 0. The first-order valence-electron chi connectivity index (χ1n) is 7.90. The Labute approximate surface area is 135 Å². The van der Waals surface area contributed by atoms with E-state index in [0.717, 1.165) is 26.2 Å². The molecule has 3 rings (SSSR count). The number of ketones is 1. The highest BCUT2D eigenvalue weighted by molar-refractivity contribution is 6.16. The summed E-state index contributed by atoms with van der Waals surface area (Å²) in [5, 5.41) is 2.56. The van der Waals surface area contributed by atoms with Gasteiger partial charge in [-0.15, -0.1) is 0 Å². The lowest BCUT2D eigenvalue weighted by Gasteiger charge is -2.36. The van der Waals surface area contributed by atoms with Gasteiger partial charge in [-0.25, -0.2) is 9.97 Å². The zero-order valence-corrected chi connectivity index (χ0v) is 13.5. The van der Waals surface area contributed by atoms with Gasteiger partial charge in [0.2, 0.25) is 11.9 Å². The van der Waals surface area contributed by atoms with Gasteiger partial charge in [0, 0.05) is 38.4 Å². The Morgan fingerprint density at radius 1 is 1.22 bits per heavy atom. The summed E-state index contributed by atoms with van der Waals surface area (Å²) in [4.78, 5) is 36.3. The van der Waals surface area contributed by atoms with Crippen molar-refractivity contribution in [2.24, 2.45) is 0 Å². The highest BCUT2D eigenvalue weighted by Gasteiger charge is 2.24. The molecule has 1 aromatic rings. The Hall–Kier alpha value is -2.28. The molecule has 1 amide bonds. The van der Waals surface area contributed by atoms with E-state index in [0.29, 0.717) is 23.4 Å². The molecule has 0 unspecified atom stereocenters. The standard InChI is InChI=1S/C16H21N5O2/c1-11(2)20-5-7-21(8-6-20)16-17-4-3-12(18-16)9-13-14(22)10-15(23)19-13/h3-4,9,11H,5-8,10H2,1-2H3,(H,19,23)/b13-9-. The van der Waals surface area contributed by atoms with Crippen LogP contribution < -0.4 is 10.2 Å². The van der Waals surface area contributed by atoms with Crippen molar-refractivity contribution in [1.82, 2.24) is 20.2 Å². The molecular formula is C16H21N5O2. The van der Waals surface area contributed by atoms with Crippen LogP contribution in [-0.4, -0.2) is 58.8 Å². The molecule has 0 bridgehead atoms. The Bertz CT molecular complexity index is 648. The summed E-state index contributed by atoms with van der Waals surface area (Å²) in [5.74, 6) is 0.209. The third kappa shape index (κ3) is 3.56. The van der Waals surface area contributed by atoms with Crippen molar-refractivity contribution in [2.75, 3.05) is 31.1 Å². The fraction of sp³-hybridized carbons (Fsp3) is 0.500. The largest absolute Gasteiger partial charge is 0.338 e. The van der Waals surface area contributed by atoms with E-state index < -0.39 is 0 Å². The molecule has 1 N–H and O–H groups in total. The van der Waals surface area contributed by atoms with Crippen LogP contribution in [-0.2, 0) is 9.59 Å². The molecule has 2 saturated heterocycles. The van der Waals surface area contributed by atoms with Crippen molar-refractivity contribution in [1.29, 1.82) is 0 Å². The molecule has 0 spiro atoms. The summed E-state index contributed by atoms with van der Waals surface area (Å²) < 4.78 is 0. The number of carbonyl (C=O) groups excluding carboxylic acids is 2. The predicted octanol–water partition coefficient (Wildman–Crippen LogP) is 0.437. The molecule has 1 aromatic heterocycles. The van der Waals surface area contributed by atoms with Crippen LogP contribution in [0.25, 0.3) is 6.08 Å². The third-order valence-electron chi connectivity index (χ3n) is 4.18. The molecule has 7 heteroatoms. The quantitative estimate of drug-likeness (QED) is 0.644. The molecular weight excluding hydrogens is 294 g/mol. The molecule has 7 nitrogen and oxygen atoms in total. The first kappa shape index (κ1) is 15.6. The van der Waals surface area contributed by atoms with Crippen LogP contribution in [0.5, 0.6) is 0 Å². The van der Waals surface area contributed by atoms with Gasteiger partial charge in [-0.3, -0.25) is 14.5 Å². The third-order valence-corrected chi connectivity index (χ3v) is 4.18. The molecule has 0 atom stereocenters. The van der Waals surface area contributed by atoms with E-state index >= 15 is 0 Å². The number of anilines is 1. The number of nitrogens with zero attached hydrogens (tertiary/aromatic N) is 4. The molecule has 0 aliphatic carbocycles. The number of Topliss-reactive ketones (excluding diaryl/α,β-unsaturated/α-hetero) is 1. The second-order valence-corrected chi connectivity index (χ2v) is 6.10. The van der Waals surface area contributed by atoms with Crippen molar-refractivity contribution in [3.63, 3.8) is 0 Å². The van der Waals surface area contributed by atoms with Crippen LogP contribution in [0.1, 0.15) is 26.0 Å². The van der Waals surface area contributed by atoms with Crippen molar-refractivity contribution >= 4 is 23.7 Å². The Morgan fingerprint density at radius 2 is 1.96 bits per heavy atom. The van der Waals surface area contributed by atoms with Crippen LogP contribution in [0.2, 0.25) is 0 Å². The molecule has 0 radical (unpaired) electrons. The normalized spacial score (nSPS) is 21.3. The van der Waals surface area contributed by atoms with Crippen LogP contribution in [0.15, 0.2) is 18.0 Å². The van der Waals surface area contributed by atoms with Crippen LogP contribution in [0, 0.1) is 0 Å². The number of aromatic nitrogens is 2. The lowest BCUT2D eigenvalue weighted by atomic mass is 10.2. The van der Waals surface area contributed by atoms with Gasteiger partial charge in [-0.2, -0.15) is 0 Å². The smallest absolute Gasteiger partial charge is 0.232 e. The van der Waals surface area contributed by atoms with E-state index in [4.69, 9.17) is 0 Å². The first-order valence-corrected chi connectivity index (χ1v) is 7.90. The van der Waals surface area contributed by atoms with Crippen LogP contribution in [0.4, 0.5) is 5.95 Å². The minimum Gasteiger partial charge on any atom is -0.338 e. The lowest BCUT2D eigenvalue weighted by molar-refractivity contribution is -0.121. The highest BCUT2D eigenvalue weighted by atomic mass is 16.2. The monoisotopic (exact) mass is 315 g/mol. The van der Waals surface area contributed by atoms with Crippen molar-refractivity contribution in [3.05, 3.63) is 23.7 Å². The van der Waals surface area contributed by atoms with Gasteiger partial charge in [0.05, 0.1) is 17.8 Å². The number of rotatable bonds is 3. The number of carbonyl (C=O) groups is 2. The maximum Gasteiger partial charge on any atom is 0.232 e.